The summed E-state index contributed by atoms with van der Waals surface area (Å²) in [4.78, 5) is 24.7. The van der Waals surface area contributed by atoms with Crippen molar-refractivity contribution >= 4 is 27.3 Å². The molecule has 0 aliphatic heterocycles. The summed E-state index contributed by atoms with van der Waals surface area (Å²) in [5, 5.41) is 5.40. The van der Waals surface area contributed by atoms with Crippen molar-refractivity contribution in [3.05, 3.63) is 95.3 Å². The Hall–Kier alpha value is -3.52. The van der Waals surface area contributed by atoms with Crippen molar-refractivity contribution in [1.82, 2.24) is 5.32 Å². The van der Waals surface area contributed by atoms with Crippen LogP contribution in [0.4, 0.5) is 10.1 Å². The molecule has 0 saturated carbocycles. The third kappa shape index (κ3) is 5.30. The average molecular weight is 426 g/mol. The highest BCUT2D eigenvalue weighted by molar-refractivity contribution is 7.90. The van der Waals surface area contributed by atoms with Crippen molar-refractivity contribution < 1.29 is 22.4 Å². The summed E-state index contributed by atoms with van der Waals surface area (Å²) in [7, 11) is -3.54. The Morgan fingerprint density at radius 1 is 0.900 bits per heavy atom. The topological polar surface area (TPSA) is 92.3 Å². The molecule has 0 spiro atoms. The van der Waals surface area contributed by atoms with Gasteiger partial charge in [-0.1, -0.05) is 24.3 Å². The first-order valence-corrected chi connectivity index (χ1v) is 10.9. The molecule has 6 nitrogen and oxygen atoms in total. The summed E-state index contributed by atoms with van der Waals surface area (Å²) in [6, 6.07) is 18.0. The second-order valence-corrected chi connectivity index (χ2v) is 8.60. The van der Waals surface area contributed by atoms with E-state index in [1.807, 2.05) is 0 Å². The van der Waals surface area contributed by atoms with Crippen molar-refractivity contribution in [3.63, 3.8) is 0 Å². The van der Waals surface area contributed by atoms with Crippen LogP contribution in [0.3, 0.4) is 0 Å². The Kier molecular flexibility index (Phi) is 6.27. The zero-order valence-corrected chi connectivity index (χ0v) is 16.9. The maximum Gasteiger partial charge on any atom is 0.255 e. The zero-order chi connectivity index (χ0) is 21.7. The number of carbonyl (C=O) groups excluding carboxylic acids is 2. The van der Waals surface area contributed by atoms with E-state index in [2.05, 4.69) is 10.6 Å². The lowest BCUT2D eigenvalue weighted by Crippen LogP contribution is -2.24. The number of hydrogen-bond acceptors (Lipinski definition) is 4. The van der Waals surface area contributed by atoms with Gasteiger partial charge in [-0.05, 0) is 54.1 Å². The van der Waals surface area contributed by atoms with Crippen LogP contribution in [0.5, 0.6) is 0 Å². The molecular weight excluding hydrogens is 407 g/mol. The van der Waals surface area contributed by atoms with Crippen LogP contribution in [0.2, 0.25) is 0 Å². The average Bonchev–Trinajstić information content (AvgIpc) is 2.72. The van der Waals surface area contributed by atoms with Gasteiger partial charge < -0.3 is 10.6 Å². The van der Waals surface area contributed by atoms with Gasteiger partial charge in [0.15, 0.2) is 9.84 Å². The van der Waals surface area contributed by atoms with Gasteiger partial charge in [-0.2, -0.15) is 0 Å². The number of benzene rings is 3. The minimum absolute atomic E-state index is 0.0391. The smallest absolute Gasteiger partial charge is 0.255 e. The molecule has 3 aromatic rings. The van der Waals surface area contributed by atoms with Gasteiger partial charge in [0.05, 0.1) is 10.5 Å². The highest BCUT2D eigenvalue weighted by Crippen LogP contribution is 2.16. The van der Waals surface area contributed by atoms with E-state index in [-0.39, 0.29) is 17.0 Å². The summed E-state index contributed by atoms with van der Waals surface area (Å²) in [5.41, 5.74) is 1.60. The Balaban J connectivity index is 1.68. The molecule has 0 aliphatic rings. The Labute approximate surface area is 173 Å². The molecule has 0 atom stereocenters. The molecule has 30 heavy (non-hydrogen) atoms. The third-order valence-electron chi connectivity index (χ3n) is 4.28. The van der Waals surface area contributed by atoms with E-state index in [1.54, 1.807) is 36.4 Å². The summed E-state index contributed by atoms with van der Waals surface area (Å²) < 4.78 is 36.7. The van der Waals surface area contributed by atoms with Gasteiger partial charge in [0.25, 0.3) is 11.8 Å². The minimum atomic E-state index is -3.54. The first-order chi connectivity index (χ1) is 14.2. The van der Waals surface area contributed by atoms with Gasteiger partial charge in [-0.25, -0.2) is 12.8 Å². The highest BCUT2D eigenvalue weighted by atomic mass is 32.2. The van der Waals surface area contributed by atoms with E-state index in [0.717, 1.165) is 6.26 Å². The molecule has 0 aliphatic carbocycles. The number of sulfone groups is 1. The first-order valence-electron chi connectivity index (χ1n) is 8.97. The number of amides is 2. The van der Waals surface area contributed by atoms with E-state index in [9.17, 15) is 22.4 Å². The zero-order valence-electron chi connectivity index (χ0n) is 16.1. The molecule has 0 aromatic heterocycles. The van der Waals surface area contributed by atoms with E-state index >= 15 is 0 Å². The lowest BCUT2D eigenvalue weighted by molar-refractivity contribution is 0.0946. The Morgan fingerprint density at radius 3 is 2.30 bits per heavy atom. The maximum atomic E-state index is 13.0. The van der Waals surface area contributed by atoms with Crippen LogP contribution in [0.15, 0.2) is 77.7 Å². The van der Waals surface area contributed by atoms with Crippen LogP contribution >= 0.6 is 0 Å². The normalized spacial score (nSPS) is 11.0. The van der Waals surface area contributed by atoms with Crippen LogP contribution in [0.1, 0.15) is 26.3 Å². The molecule has 0 saturated heterocycles. The fourth-order valence-corrected chi connectivity index (χ4v) is 3.70. The van der Waals surface area contributed by atoms with Gasteiger partial charge in [-0.3, -0.25) is 9.59 Å². The predicted octanol–water partition coefficient (Wildman–Crippen LogP) is 3.41. The van der Waals surface area contributed by atoms with Crippen molar-refractivity contribution in [2.75, 3.05) is 11.6 Å². The number of rotatable bonds is 6. The van der Waals surface area contributed by atoms with Crippen molar-refractivity contribution in [1.29, 1.82) is 0 Å². The predicted molar refractivity (Wildman–Crippen MR) is 112 cm³/mol. The molecule has 0 bridgehead atoms. The molecule has 0 fully saturated rings. The lowest BCUT2D eigenvalue weighted by atomic mass is 10.1. The molecule has 0 radical (unpaired) electrons. The van der Waals surface area contributed by atoms with E-state index in [0.29, 0.717) is 16.8 Å². The Morgan fingerprint density at radius 2 is 1.60 bits per heavy atom. The molecule has 2 N–H and O–H groups in total. The largest absolute Gasteiger partial charge is 0.348 e. The summed E-state index contributed by atoms with van der Waals surface area (Å²) in [6.07, 6.45) is 1.05. The monoisotopic (exact) mass is 426 g/mol. The van der Waals surface area contributed by atoms with E-state index in [4.69, 9.17) is 0 Å². The minimum Gasteiger partial charge on any atom is -0.348 e. The van der Waals surface area contributed by atoms with Crippen LogP contribution in [0.25, 0.3) is 0 Å². The van der Waals surface area contributed by atoms with Crippen molar-refractivity contribution in [2.45, 2.75) is 11.4 Å². The molecule has 0 heterocycles. The quantitative estimate of drug-likeness (QED) is 0.632. The number of nitrogens with one attached hydrogen (secondary N) is 2. The molecular formula is C22H19FN2O4S. The third-order valence-corrected chi connectivity index (χ3v) is 5.43. The maximum absolute atomic E-state index is 13.0. The molecule has 8 heteroatoms. The standard InChI is InChI=1S/C22H19FN2O4S/c1-30(28,29)20-8-3-2-7-19(20)22(27)24-14-15-5-4-6-18(13-15)25-21(26)16-9-11-17(23)12-10-16/h2-13H,14H2,1H3,(H,24,27)(H,25,26). The molecule has 154 valence electrons. The van der Waals surface area contributed by atoms with Crippen LogP contribution in [-0.2, 0) is 16.4 Å². The van der Waals surface area contributed by atoms with Gasteiger partial charge in [0, 0.05) is 24.1 Å². The second kappa shape index (κ2) is 8.87. The summed E-state index contributed by atoms with van der Waals surface area (Å²) in [5.74, 6) is -1.34. The number of hydrogen-bond donors (Lipinski definition) is 2. The molecule has 3 aromatic carbocycles. The van der Waals surface area contributed by atoms with Crippen LogP contribution < -0.4 is 10.6 Å². The van der Waals surface area contributed by atoms with Crippen LogP contribution in [0, 0.1) is 5.82 Å². The van der Waals surface area contributed by atoms with E-state index < -0.39 is 27.5 Å². The fourth-order valence-electron chi connectivity index (χ4n) is 2.82. The second-order valence-electron chi connectivity index (χ2n) is 6.61. The van der Waals surface area contributed by atoms with Gasteiger partial charge in [0.2, 0.25) is 0 Å². The number of halogens is 1. The number of carbonyl (C=O) groups is 2. The van der Waals surface area contributed by atoms with Gasteiger partial charge in [-0.15, -0.1) is 0 Å². The number of anilines is 1. The SMILES string of the molecule is CS(=O)(=O)c1ccccc1C(=O)NCc1cccc(NC(=O)c2ccc(F)cc2)c1. The van der Waals surface area contributed by atoms with Crippen molar-refractivity contribution in [3.8, 4) is 0 Å². The lowest BCUT2D eigenvalue weighted by Gasteiger charge is -2.10. The highest BCUT2D eigenvalue weighted by Gasteiger charge is 2.17. The molecule has 2 amide bonds. The summed E-state index contributed by atoms with van der Waals surface area (Å²) in [6.45, 7) is 0.136. The van der Waals surface area contributed by atoms with Gasteiger partial charge >= 0.3 is 0 Å². The van der Waals surface area contributed by atoms with Crippen molar-refractivity contribution in [2.24, 2.45) is 0 Å². The van der Waals surface area contributed by atoms with E-state index in [1.165, 1.54) is 36.4 Å². The first kappa shape index (κ1) is 21.2. The molecule has 3 rings (SSSR count). The Bertz CT molecular complexity index is 1190. The molecule has 0 unspecified atom stereocenters. The summed E-state index contributed by atoms with van der Waals surface area (Å²) >= 11 is 0. The van der Waals surface area contributed by atoms with Gasteiger partial charge in [0.1, 0.15) is 5.82 Å². The fraction of sp³-hybridized carbons (Fsp3) is 0.0909. The van der Waals surface area contributed by atoms with Crippen LogP contribution in [-0.4, -0.2) is 26.5 Å².